The molecule has 0 fully saturated rings. The minimum Gasteiger partial charge on any atom is -0.494 e. The Morgan fingerprint density at radius 2 is 1.50 bits per heavy atom. The normalized spacial score (nSPS) is 11.2. The fourth-order valence-corrected chi connectivity index (χ4v) is 3.51. The maximum Gasteiger partial charge on any atom is 0.147 e. The zero-order valence-corrected chi connectivity index (χ0v) is 17.6. The summed E-state index contributed by atoms with van der Waals surface area (Å²) in [7, 11) is 0. The number of aryl methyl sites for hydroxylation is 1. The molecule has 154 valence electrons. The van der Waals surface area contributed by atoms with Gasteiger partial charge in [-0.15, -0.1) is 0 Å². The molecule has 1 aromatic heterocycles. The Morgan fingerprint density at radius 3 is 2.27 bits per heavy atom. The minimum absolute atomic E-state index is 0.440. The molecule has 4 heteroatoms. The molecule has 3 aromatic carbocycles. The van der Waals surface area contributed by atoms with Crippen molar-refractivity contribution in [3.63, 3.8) is 0 Å². The molecule has 0 aliphatic heterocycles. The summed E-state index contributed by atoms with van der Waals surface area (Å²) in [6.45, 7) is 6.32. The molecule has 30 heavy (non-hydrogen) atoms. The van der Waals surface area contributed by atoms with E-state index in [2.05, 4.69) is 42.7 Å². The van der Waals surface area contributed by atoms with Gasteiger partial charge in [0, 0.05) is 6.54 Å². The number of hydrogen-bond donors (Lipinski definition) is 0. The first kappa shape index (κ1) is 20.0. The molecule has 0 aliphatic rings. The predicted molar refractivity (Wildman–Crippen MR) is 121 cm³/mol. The number of benzene rings is 3. The number of para-hydroxylation sites is 3. The van der Waals surface area contributed by atoms with Crippen molar-refractivity contribution in [3.05, 3.63) is 90.3 Å². The number of aromatic nitrogens is 2. The van der Waals surface area contributed by atoms with Crippen molar-refractivity contribution in [2.45, 2.75) is 39.3 Å². The molecule has 0 bridgehead atoms. The predicted octanol–water partition coefficient (Wildman–Crippen LogP) is 6.21. The number of hydrogen-bond acceptors (Lipinski definition) is 3. The maximum atomic E-state index is 6.06. The van der Waals surface area contributed by atoms with Gasteiger partial charge in [0.1, 0.15) is 23.9 Å². The number of imidazole rings is 1. The van der Waals surface area contributed by atoms with Crippen molar-refractivity contribution in [2.75, 3.05) is 6.61 Å². The molecule has 4 nitrogen and oxygen atoms in total. The van der Waals surface area contributed by atoms with Gasteiger partial charge in [0.25, 0.3) is 0 Å². The molecule has 0 aliphatic carbocycles. The van der Waals surface area contributed by atoms with Crippen LogP contribution in [-0.2, 0) is 13.2 Å². The van der Waals surface area contributed by atoms with Crippen molar-refractivity contribution in [1.29, 1.82) is 0 Å². The molecule has 0 saturated heterocycles. The van der Waals surface area contributed by atoms with Crippen LogP contribution in [0.15, 0.2) is 78.9 Å². The van der Waals surface area contributed by atoms with E-state index in [1.54, 1.807) is 0 Å². The zero-order chi connectivity index (χ0) is 20.8. The molecule has 0 saturated carbocycles. The quantitative estimate of drug-likeness (QED) is 0.314. The van der Waals surface area contributed by atoms with E-state index in [0.717, 1.165) is 41.3 Å². The molecule has 1 heterocycles. The summed E-state index contributed by atoms with van der Waals surface area (Å²) in [6.07, 6.45) is 0.894. The summed E-state index contributed by atoms with van der Waals surface area (Å²) >= 11 is 0. The highest BCUT2D eigenvalue weighted by atomic mass is 16.5. The van der Waals surface area contributed by atoms with Gasteiger partial charge in [-0.1, -0.05) is 56.3 Å². The number of fused-ring (bicyclic) bond motifs is 1. The minimum atomic E-state index is 0.440. The lowest BCUT2D eigenvalue weighted by atomic mass is 10.0. The van der Waals surface area contributed by atoms with Crippen LogP contribution in [0.2, 0.25) is 0 Å². The first-order valence-electron chi connectivity index (χ1n) is 10.6. The molecular weight excluding hydrogens is 372 g/mol. The second-order valence-corrected chi connectivity index (χ2v) is 7.70. The van der Waals surface area contributed by atoms with E-state index in [1.807, 2.05) is 54.6 Å². The molecule has 0 atom stereocenters. The second-order valence-electron chi connectivity index (χ2n) is 7.70. The van der Waals surface area contributed by atoms with Gasteiger partial charge in [-0.05, 0) is 54.3 Å². The smallest absolute Gasteiger partial charge is 0.147 e. The summed E-state index contributed by atoms with van der Waals surface area (Å²) in [4.78, 5) is 4.81. The first-order valence-corrected chi connectivity index (χ1v) is 10.6. The van der Waals surface area contributed by atoms with Crippen LogP contribution in [0.1, 0.15) is 37.6 Å². The highest BCUT2D eigenvalue weighted by Gasteiger charge is 2.11. The molecule has 0 radical (unpaired) electrons. The van der Waals surface area contributed by atoms with Gasteiger partial charge in [0.15, 0.2) is 0 Å². The molecule has 4 rings (SSSR count). The monoisotopic (exact) mass is 400 g/mol. The van der Waals surface area contributed by atoms with Gasteiger partial charge in [0.2, 0.25) is 0 Å². The third-order valence-corrected chi connectivity index (χ3v) is 5.19. The Morgan fingerprint density at radius 1 is 0.800 bits per heavy atom. The summed E-state index contributed by atoms with van der Waals surface area (Å²) in [5.41, 5.74) is 3.44. The van der Waals surface area contributed by atoms with Gasteiger partial charge in [-0.2, -0.15) is 0 Å². The van der Waals surface area contributed by atoms with Gasteiger partial charge < -0.3 is 14.0 Å². The molecule has 4 aromatic rings. The van der Waals surface area contributed by atoms with E-state index in [9.17, 15) is 0 Å². The molecule has 0 amide bonds. The van der Waals surface area contributed by atoms with E-state index >= 15 is 0 Å². The summed E-state index contributed by atoms with van der Waals surface area (Å²) < 4.78 is 14.2. The van der Waals surface area contributed by atoms with E-state index < -0.39 is 0 Å². The van der Waals surface area contributed by atoms with E-state index in [0.29, 0.717) is 19.1 Å². The fraction of sp³-hybridized carbons (Fsp3) is 0.269. The largest absolute Gasteiger partial charge is 0.494 e. The van der Waals surface area contributed by atoms with Crippen molar-refractivity contribution in [2.24, 2.45) is 0 Å². The fourth-order valence-electron chi connectivity index (χ4n) is 3.51. The Kier molecular flexibility index (Phi) is 6.33. The summed E-state index contributed by atoms with van der Waals surface area (Å²) in [5, 5.41) is 0. The van der Waals surface area contributed by atoms with Crippen LogP contribution in [0.25, 0.3) is 11.0 Å². The average molecular weight is 401 g/mol. The summed E-state index contributed by atoms with van der Waals surface area (Å²) in [6, 6.07) is 26.5. The molecule has 0 spiro atoms. The van der Waals surface area contributed by atoms with Crippen LogP contribution >= 0.6 is 0 Å². The third kappa shape index (κ3) is 4.82. The number of rotatable bonds is 9. The molecule has 0 unspecified atom stereocenters. The number of ether oxygens (including phenoxy) is 2. The average Bonchev–Trinajstić information content (AvgIpc) is 3.14. The van der Waals surface area contributed by atoms with Gasteiger partial charge in [0.05, 0.1) is 17.6 Å². The van der Waals surface area contributed by atoms with Crippen molar-refractivity contribution >= 4 is 11.0 Å². The lowest BCUT2D eigenvalue weighted by molar-refractivity contribution is 0.280. The van der Waals surface area contributed by atoms with Crippen LogP contribution < -0.4 is 9.47 Å². The van der Waals surface area contributed by atoms with Crippen molar-refractivity contribution in [1.82, 2.24) is 9.55 Å². The Labute approximate surface area is 178 Å². The van der Waals surface area contributed by atoms with Gasteiger partial charge >= 0.3 is 0 Å². The van der Waals surface area contributed by atoms with Crippen molar-refractivity contribution in [3.8, 4) is 11.5 Å². The standard InChI is InChI=1S/C26H28N2O2/c1-20(2)21-13-15-23(16-14-21)30-19-26-27-24-11-6-7-12-25(24)28(26)17-8-18-29-22-9-4-3-5-10-22/h3-7,9-16,20H,8,17-19H2,1-2H3. The second kappa shape index (κ2) is 9.49. The molecule has 0 N–H and O–H groups in total. The zero-order valence-electron chi connectivity index (χ0n) is 17.6. The van der Waals surface area contributed by atoms with E-state index in [4.69, 9.17) is 14.5 Å². The first-order chi connectivity index (χ1) is 14.7. The third-order valence-electron chi connectivity index (χ3n) is 5.19. The maximum absolute atomic E-state index is 6.06. The topological polar surface area (TPSA) is 36.3 Å². The SMILES string of the molecule is CC(C)c1ccc(OCc2nc3ccccc3n2CCCOc2ccccc2)cc1. The van der Waals surface area contributed by atoms with Crippen LogP contribution in [-0.4, -0.2) is 16.2 Å². The van der Waals surface area contributed by atoms with E-state index in [-0.39, 0.29) is 0 Å². The van der Waals surface area contributed by atoms with Crippen LogP contribution in [0.3, 0.4) is 0 Å². The highest BCUT2D eigenvalue weighted by molar-refractivity contribution is 5.75. The van der Waals surface area contributed by atoms with E-state index in [1.165, 1.54) is 5.56 Å². The lowest BCUT2D eigenvalue weighted by Crippen LogP contribution is -2.10. The summed E-state index contributed by atoms with van der Waals surface area (Å²) in [5.74, 6) is 3.22. The Balaban J connectivity index is 1.43. The van der Waals surface area contributed by atoms with Gasteiger partial charge in [-0.25, -0.2) is 4.98 Å². The lowest BCUT2D eigenvalue weighted by Gasteiger charge is -2.12. The van der Waals surface area contributed by atoms with Crippen LogP contribution in [0.5, 0.6) is 11.5 Å². The Bertz CT molecular complexity index is 1070. The van der Waals surface area contributed by atoms with Crippen LogP contribution in [0, 0.1) is 0 Å². The van der Waals surface area contributed by atoms with Gasteiger partial charge in [-0.3, -0.25) is 0 Å². The Hall–Kier alpha value is -3.27. The van der Waals surface area contributed by atoms with Crippen molar-refractivity contribution < 1.29 is 9.47 Å². The number of nitrogens with zero attached hydrogens (tertiary/aromatic N) is 2. The highest BCUT2D eigenvalue weighted by Crippen LogP contribution is 2.21. The van der Waals surface area contributed by atoms with Crippen LogP contribution in [0.4, 0.5) is 0 Å². The molecular formula is C26H28N2O2.